The molecule has 0 aliphatic rings. The second-order valence-corrected chi connectivity index (χ2v) is 4.43. The fraction of sp³-hybridized carbons (Fsp3) is 0.417. The SMILES string of the molecule is Cc1noc(C(C)C)c1C(=O)NCc1ccn[nH]1. The van der Waals surface area contributed by atoms with E-state index in [1.807, 2.05) is 19.9 Å². The van der Waals surface area contributed by atoms with Gasteiger partial charge in [0.25, 0.3) is 5.91 Å². The minimum absolute atomic E-state index is 0.124. The molecule has 1 amide bonds. The number of nitrogens with zero attached hydrogens (tertiary/aromatic N) is 2. The average Bonchev–Trinajstić information content (AvgIpc) is 2.94. The van der Waals surface area contributed by atoms with Crippen LogP contribution in [0.15, 0.2) is 16.8 Å². The smallest absolute Gasteiger partial charge is 0.257 e. The highest BCUT2D eigenvalue weighted by atomic mass is 16.5. The Balaban J connectivity index is 2.11. The number of rotatable bonds is 4. The summed E-state index contributed by atoms with van der Waals surface area (Å²) in [6.07, 6.45) is 1.64. The van der Waals surface area contributed by atoms with Crippen molar-refractivity contribution < 1.29 is 9.32 Å². The van der Waals surface area contributed by atoms with Crippen molar-refractivity contribution in [2.75, 3.05) is 0 Å². The molecule has 0 spiro atoms. The third-order valence-electron chi connectivity index (χ3n) is 2.64. The molecule has 2 N–H and O–H groups in total. The molecule has 0 saturated carbocycles. The van der Waals surface area contributed by atoms with Gasteiger partial charge in [0.2, 0.25) is 0 Å². The summed E-state index contributed by atoms with van der Waals surface area (Å²) in [6.45, 7) is 6.10. The van der Waals surface area contributed by atoms with E-state index in [9.17, 15) is 4.79 Å². The van der Waals surface area contributed by atoms with Crippen LogP contribution in [0.4, 0.5) is 0 Å². The van der Waals surface area contributed by atoms with E-state index in [0.29, 0.717) is 23.6 Å². The number of hydrogen-bond acceptors (Lipinski definition) is 4. The van der Waals surface area contributed by atoms with Crippen molar-refractivity contribution in [2.45, 2.75) is 33.2 Å². The van der Waals surface area contributed by atoms with Gasteiger partial charge in [0.1, 0.15) is 5.56 Å². The van der Waals surface area contributed by atoms with E-state index in [4.69, 9.17) is 4.52 Å². The Kier molecular flexibility index (Phi) is 3.45. The Morgan fingerprint density at radius 1 is 1.56 bits per heavy atom. The fourth-order valence-corrected chi connectivity index (χ4v) is 1.70. The number of aromatic nitrogens is 3. The number of aromatic amines is 1. The van der Waals surface area contributed by atoms with Crippen molar-refractivity contribution >= 4 is 5.91 Å². The number of carbonyl (C=O) groups is 1. The van der Waals surface area contributed by atoms with Crippen molar-refractivity contribution in [2.24, 2.45) is 0 Å². The lowest BCUT2D eigenvalue weighted by atomic mass is 10.0. The average molecular weight is 248 g/mol. The van der Waals surface area contributed by atoms with Crippen LogP contribution >= 0.6 is 0 Å². The predicted molar refractivity (Wildman–Crippen MR) is 65.1 cm³/mol. The molecule has 96 valence electrons. The topological polar surface area (TPSA) is 83.8 Å². The Morgan fingerprint density at radius 2 is 2.33 bits per heavy atom. The lowest BCUT2D eigenvalue weighted by Gasteiger charge is -2.05. The van der Waals surface area contributed by atoms with Crippen LogP contribution in [0.1, 0.15) is 47.3 Å². The molecule has 2 heterocycles. The van der Waals surface area contributed by atoms with Crippen molar-refractivity contribution in [1.29, 1.82) is 0 Å². The maximum absolute atomic E-state index is 12.1. The van der Waals surface area contributed by atoms with Gasteiger partial charge in [-0.15, -0.1) is 0 Å². The van der Waals surface area contributed by atoms with Gasteiger partial charge in [0.15, 0.2) is 5.76 Å². The van der Waals surface area contributed by atoms with E-state index in [1.165, 1.54) is 0 Å². The normalized spacial score (nSPS) is 10.9. The molecule has 6 heteroatoms. The zero-order chi connectivity index (χ0) is 13.1. The molecule has 0 aliphatic heterocycles. The third-order valence-corrected chi connectivity index (χ3v) is 2.64. The molecule has 0 bridgehead atoms. The first-order chi connectivity index (χ1) is 8.59. The Hall–Kier alpha value is -2.11. The van der Waals surface area contributed by atoms with Crippen molar-refractivity contribution in [1.82, 2.24) is 20.7 Å². The van der Waals surface area contributed by atoms with Gasteiger partial charge >= 0.3 is 0 Å². The molecule has 2 rings (SSSR count). The summed E-state index contributed by atoms with van der Waals surface area (Å²) in [5.41, 5.74) is 1.99. The first-order valence-electron chi connectivity index (χ1n) is 5.82. The summed E-state index contributed by atoms with van der Waals surface area (Å²) in [6, 6.07) is 1.81. The molecule has 0 aliphatic carbocycles. The first kappa shape index (κ1) is 12.3. The van der Waals surface area contributed by atoms with Crippen LogP contribution in [-0.2, 0) is 6.54 Å². The number of hydrogen-bond donors (Lipinski definition) is 2. The zero-order valence-electron chi connectivity index (χ0n) is 10.7. The molecular weight excluding hydrogens is 232 g/mol. The summed E-state index contributed by atoms with van der Waals surface area (Å²) in [5, 5.41) is 13.3. The van der Waals surface area contributed by atoms with Crippen LogP contribution in [0.2, 0.25) is 0 Å². The summed E-state index contributed by atoms with van der Waals surface area (Å²) in [5.74, 6) is 0.570. The molecule has 0 unspecified atom stereocenters. The quantitative estimate of drug-likeness (QED) is 0.863. The minimum Gasteiger partial charge on any atom is -0.360 e. The second-order valence-electron chi connectivity index (χ2n) is 4.43. The molecular formula is C12H16N4O2. The number of nitrogens with one attached hydrogen (secondary N) is 2. The van der Waals surface area contributed by atoms with E-state index in [0.717, 1.165) is 5.69 Å². The van der Waals surface area contributed by atoms with Crippen LogP contribution in [0.3, 0.4) is 0 Å². The van der Waals surface area contributed by atoms with E-state index < -0.39 is 0 Å². The Labute approximate surface area is 105 Å². The monoisotopic (exact) mass is 248 g/mol. The molecule has 6 nitrogen and oxygen atoms in total. The van der Waals surface area contributed by atoms with Crippen LogP contribution in [0.25, 0.3) is 0 Å². The van der Waals surface area contributed by atoms with Gasteiger partial charge in [0, 0.05) is 12.1 Å². The van der Waals surface area contributed by atoms with Gasteiger partial charge in [-0.05, 0) is 13.0 Å². The minimum atomic E-state index is -0.174. The number of aryl methyl sites for hydroxylation is 1. The molecule has 0 saturated heterocycles. The standard InChI is InChI=1S/C12H16N4O2/c1-7(2)11-10(8(3)16-18-11)12(17)13-6-9-4-5-14-15-9/h4-5,7H,6H2,1-3H3,(H,13,17)(H,14,15). The molecule has 0 aromatic carbocycles. The van der Waals surface area contributed by atoms with Gasteiger partial charge in [-0.1, -0.05) is 19.0 Å². The summed E-state index contributed by atoms with van der Waals surface area (Å²) in [4.78, 5) is 12.1. The molecule has 0 fully saturated rings. The van der Waals surface area contributed by atoms with E-state index >= 15 is 0 Å². The van der Waals surface area contributed by atoms with Crippen molar-refractivity contribution in [3.63, 3.8) is 0 Å². The number of H-pyrrole nitrogens is 1. The van der Waals surface area contributed by atoms with E-state index in [1.54, 1.807) is 13.1 Å². The summed E-state index contributed by atoms with van der Waals surface area (Å²) in [7, 11) is 0. The number of amides is 1. The molecule has 0 atom stereocenters. The Morgan fingerprint density at radius 3 is 2.94 bits per heavy atom. The van der Waals surface area contributed by atoms with Gasteiger partial charge in [-0.25, -0.2) is 0 Å². The van der Waals surface area contributed by atoms with Crippen LogP contribution in [0.5, 0.6) is 0 Å². The largest absolute Gasteiger partial charge is 0.360 e. The van der Waals surface area contributed by atoms with Gasteiger partial charge in [-0.2, -0.15) is 5.10 Å². The Bertz CT molecular complexity index is 528. The fourth-order valence-electron chi connectivity index (χ4n) is 1.70. The van der Waals surface area contributed by atoms with Crippen LogP contribution in [-0.4, -0.2) is 21.3 Å². The molecule has 2 aromatic rings. The van der Waals surface area contributed by atoms with Crippen molar-refractivity contribution in [3.8, 4) is 0 Å². The van der Waals surface area contributed by atoms with E-state index in [2.05, 4.69) is 20.7 Å². The summed E-state index contributed by atoms with van der Waals surface area (Å²) >= 11 is 0. The molecule has 2 aromatic heterocycles. The first-order valence-corrected chi connectivity index (χ1v) is 5.82. The molecule has 0 radical (unpaired) electrons. The lowest BCUT2D eigenvalue weighted by molar-refractivity contribution is 0.0947. The zero-order valence-corrected chi connectivity index (χ0v) is 10.7. The van der Waals surface area contributed by atoms with Gasteiger partial charge in [0.05, 0.1) is 17.9 Å². The maximum atomic E-state index is 12.1. The van der Waals surface area contributed by atoms with E-state index in [-0.39, 0.29) is 11.8 Å². The van der Waals surface area contributed by atoms with Crippen LogP contribution < -0.4 is 5.32 Å². The summed E-state index contributed by atoms with van der Waals surface area (Å²) < 4.78 is 5.18. The number of carbonyl (C=O) groups excluding carboxylic acids is 1. The maximum Gasteiger partial charge on any atom is 0.257 e. The second kappa shape index (κ2) is 5.03. The lowest BCUT2D eigenvalue weighted by Crippen LogP contribution is -2.24. The van der Waals surface area contributed by atoms with Gasteiger partial charge < -0.3 is 9.84 Å². The van der Waals surface area contributed by atoms with Crippen molar-refractivity contribution in [3.05, 3.63) is 35.0 Å². The predicted octanol–water partition coefficient (Wildman–Crippen LogP) is 1.76. The third kappa shape index (κ3) is 2.42. The highest BCUT2D eigenvalue weighted by molar-refractivity contribution is 5.96. The molecule has 18 heavy (non-hydrogen) atoms. The highest BCUT2D eigenvalue weighted by Gasteiger charge is 2.22. The van der Waals surface area contributed by atoms with Crippen LogP contribution in [0, 0.1) is 6.92 Å². The highest BCUT2D eigenvalue weighted by Crippen LogP contribution is 2.21. The van der Waals surface area contributed by atoms with Gasteiger partial charge in [-0.3, -0.25) is 9.89 Å².